The molecule has 0 amide bonds. The van der Waals surface area contributed by atoms with Crippen LogP contribution in [0.4, 0.5) is 0 Å². The van der Waals surface area contributed by atoms with E-state index in [2.05, 4.69) is 31.2 Å². The lowest BCUT2D eigenvalue weighted by Crippen LogP contribution is -2.17. The summed E-state index contributed by atoms with van der Waals surface area (Å²) in [6.45, 7) is 5.50. The Kier molecular flexibility index (Phi) is 5.37. The van der Waals surface area contributed by atoms with E-state index in [1.807, 2.05) is 6.92 Å². The van der Waals surface area contributed by atoms with Crippen molar-refractivity contribution in [1.82, 2.24) is 0 Å². The van der Waals surface area contributed by atoms with Crippen LogP contribution in [-0.2, 0) is 11.2 Å². The van der Waals surface area contributed by atoms with Crippen molar-refractivity contribution in [3.8, 4) is 0 Å². The highest BCUT2D eigenvalue weighted by molar-refractivity contribution is 5.24. The van der Waals surface area contributed by atoms with Crippen LogP contribution in [0.3, 0.4) is 0 Å². The van der Waals surface area contributed by atoms with Gasteiger partial charge in [-0.25, -0.2) is 0 Å². The molecule has 2 nitrogen and oxygen atoms in total. The number of aryl methyl sites for hydroxylation is 1. The Morgan fingerprint density at radius 2 is 1.87 bits per heavy atom. The Labute approximate surface area is 92.4 Å². The van der Waals surface area contributed by atoms with Crippen LogP contribution < -0.4 is 5.73 Å². The molecule has 0 saturated carbocycles. The summed E-state index contributed by atoms with van der Waals surface area (Å²) >= 11 is 0. The summed E-state index contributed by atoms with van der Waals surface area (Å²) in [5, 5.41) is 0. The standard InChI is InChI=1S/C13H21NO/c1-3-5-11-6-8-12(9-7-11)13(14)10-15-4-2/h6-9,13H,3-5,10,14H2,1-2H3. The summed E-state index contributed by atoms with van der Waals surface area (Å²) in [7, 11) is 0. The zero-order chi connectivity index (χ0) is 11.1. The molecular formula is C13H21NO. The third-order valence-electron chi connectivity index (χ3n) is 2.45. The highest BCUT2D eigenvalue weighted by Crippen LogP contribution is 2.13. The van der Waals surface area contributed by atoms with Crippen molar-refractivity contribution in [2.75, 3.05) is 13.2 Å². The SMILES string of the molecule is CCCc1ccc(C(N)COCC)cc1. The maximum atomic E-state index is 5.98. The molecule has 0 bridgehead atoms. The summed E-state index contributed by atoms with van der Waals surface area (Å²) in [5.74, 6) is 0. The van der Waals surface area contributed by atoms with Gasteiger partial charge >= 0.3 is 0 Å². The second-order valence-corrected chi connectivity index (χ2v) is 3.76. The first-order valence-electron chi connectivity index (χ1n) is 5.70. The van der Waals surface area contributed by atoms with Gasteiger partial charge in [0, 0.05) is 6.61 Å². The molecule has 0 fully saturated rings. The van der Waals surface area contributed by atoms with Crippen molar-refractivity contribution < 1.29 is 4.74 Å². The lowest BCUT2D eigenvalue weighted by Gasteiger charge is -2.12. The second kappa shape index (κ2) is 6.59. The Balaban J connectivity index is 2.54. The lowest BCUT2D eigenvalue weighted by molar-refractivity contribution is 0.133. The molecule has 0 spiro atoms. The Bertz CT molecular complexity index is 268. The van der Waals surface area contributed by atoms with Gasteiger partial charge in [0.15, 0.2) is 0 Å². The van der Waals surface area contributed by atoms with Gasteiger partial charge in [-0.15, -0.1) is 0 Å². The normalized spacial score (nSPS) is 12.7. The molecule has 0 aromatic heterocycles. The fourth-order valence-corrected chi connectivity index (χ4v) is 1.56. The molecule has 84 valence electrons. The average Bonchev–Trinajstić information content (AvgIpc) is 2.27. The largest absolute Gasteiger partial charge is 0.380 e. The summed E-state index contributed by atoms with van der Waals surface area (Å²) < 4.78 is 5.30. The van der Waals surface area contributed by atoms with E-state index in [0.717, 1.165) is 18.6 Å². The quantitative estimate of drug-likeness (QED) is 0.778. The van der Waals surface area contributed by atoms with Crippen LogP contribution in [0.15, 0.2) is 24.3 Å². The first-order chi connectivity index (χ1) is 7.27. The molecule has 15 heavy (non-hydrogen) atoms. The molecule has 0 aliphatic rings. The molecule has 0 heterocycles. The molecule has 0 radical (unpaired) electrons. The zero-order valence-electron chi connectivity index (χ0n) is 9.70. The van der Waals surface area contributed by atoms with Crippen LogP contribution in [-0.4, -0.2) is 13.2 Å². The van der Waals surface area contributed by atoms with E-state index in [4.69, 9.17) is 10.5 Å². The molecular weight excluding hydrogens is 186 g/mol. The van der Waals surface area contributed by atoms with Crippen molar-refractivity contribution in [3.63, 3.8) is 0 Å². The second-order valence-electron chi connectivity index (χ2n) is 3.76. The van der Waals surface area contributed by atoms with Gasteiger partial charge in [-0.05, 0) is 24.5 Å². The topological polar surface area (TPSA) is 35.2 Å². The van der Waals surface area contributed by atoms with Crippen molar-refractivity contribution in [1.29, 1.82) is 0 Å². The number of rotatable bonds is 6. The van der Waals surface area contributed by atoms with Gasteiger partial charge in [0.2, 0.25) is 0 Å². The van der Waals surface area contributed by atoms with E-state index in [9.17, 15) is 0 Å². The third kappa shape index (κ3) is 4.02. The minimum atomic E-state index is 0.000580. The van der Waals surface area contributed by atoms with E-state index < -0.39 is 0 Å². The molecule has 1 atom stereocenters. The van der Waals surface area contributed by atoms with E-state index in [-0.39, 0.29) is 6.04 Å². The first kappa shape index (κ1) is 12.2. The Morgan fingerprint density at radius 3 is 2.40 bits per heavy atom. The predicted molar refractivity (Wildman–Crippen MR) is 63.9 cm³/mol. The summed E-state index contributed by atoms with van der Waals surface area (Å²) in [6.07, 6.45) is 2.32. The Morgan fingerprint density at radius 1 is 1.20 bits per heavy atom. The number of nitrogens with two attached hydrogens (primary N) is 1. The van der Waals surface area contributed by atoms with Crippen LogP contribution >= 0.6 is 0 Å². The van der Waals surface area contributed by atoms with Gasteiger partial charge in [-0.1, -0.05) is 37.6 Å². The van der Waals surface area contributed by atoms with E-state index in [1.54, 1.807) is 0 Å². The monoisotopic (exact) mass is 207 g/mol. The molecule has 1 aromatic carbocycles. The van der Waals surface area contributed by atoms with Gasteiger partial charge < -0.3 is 10.5 Å². The van der Waals surface area contributed by atoms with Gasteiger partial charge in [0.05, 0.1) is 12.6 Å². The van der Waals surface area contributed by atoms with Crippen LogP contribution in [0.5, 0.6) is 0 Å². The summed E-state index contributed by atoms with van der Waals surface area (Å²) in [4.78, 5) is 0. The lowest BCUT2D eigenvalue weighted by atomic mass is 10.0. The van der Waals surface area contributed by atoms with Crippen LogP contribution in [0.25, 0.3) is 0 Å². The van der Waals surface area contributed by atoms with Crippen molar-refractivity contribution in [2.24, 2.45) is 5.73 Å². The van der Waals surface area contributed by atoms with E-state index >= 15 is 0 Å². The van der Waals surface area contributed by atoms with Crippen LogP contribution in [0.2, 0.25) is 0 Å². The number of ether oxygens (including phenoxy) is 1. The predicted octanol–water partition coefficient (Wildman–Crippen LogP) is 2.68. The average molecular weight is 207 g/mol. The highest BCUT2D eigenvalue weighted by Gasteiger charge is 2.04. The summed E-state index contributed by atoms with van der Waals surface area (Å²) in [5.41, 5.74) is 8.52. The molecule has 1 unspecified atom stereocenters. The zero-order valence-corrected chi connectivity index (χ0v) is 9.70. The van der Waals surface area contributed by atoms with Crippen molar-refractivity contribution in [3.05, 3.63) is 35.4 Å². The fraction of sp³-hybridized carbons (Fsp3) is 0.538. The first-order valence-corrected chi connectivity index (χ1v) is 5.70. The van der Waals surface area contributed by atoms with Gasteiger partial charge in [-0.2, -0.15) is 0 Å². The van der Waals surface area contributed by atoms with E-state index in [1.165, 1.54) is 12.0 Å². The summed E-state index contributed by atoms with van der Waals surface area (Å²) in [6, 6.07) is 8.53. The van der Waals surface area contributed by atoms with Crippen LogP contribution in [0, 0.1) is 0 Å². The minimum absolute atomic E-state index is 0.000580. The maximum Gasteiger partial charge on any atom is 0.0659 e. The molecule has 1 rings (SSSR count). The van der Waals surface area contributed by atoms with Gasteiger partial charge in [-0.3, -0.25) is 0 Å². The van der Waals surface area contributed by atoms with Crippen molar-refractivity contribution >= 4 is 0 Å². The molecule has 0 saturated heterocycles. The molecule has 2 heteroatoms. The van der Waals surface area contributed by atoms with Gasteiger partial charge in [0.25, 0.3) is 0 Å². The smallest absolute Gasteiger partial charge is 0.0659 e. The third-order valence-corrected chi connectivity index (χ3v) is 2.45. The fourth-order valence-electron chi connectivity index (χ4n) is 1.56. The molecule has 0 aliphatic carbocycles. The molecule has 2 N–H and O–H groups in total. The van der Waals surface area contributed by atoms with Gasteiger partial charge in [0.1, 0.15) is 0 Å². The number of benzene rings is 1. The number of hydrogen-bond acceptors (Lipinski definition) is 2. The Hall–Kier alpha value is -0.860. The van der Waals surface area contributed by atoms with Crippen LogP contribution in [0.1, 0.15) is 37.4 Å². The minimum Gasteiger partial charge on any atom is -0.380 e. The number of hydrogen-bond donors (Lipinski definition) is 1. The highest BCUT2D eigenvalue weighted by atomic mass is 16.5. The van der Waals surface area contributed by atoms with E-state index in [0.29, 0.717) is 6.61 Å². The van der Waals surface area contributed by atoms with Crippen molar-refractivity contribution in [2.45, 2.75) is 32.7 Å². The molecule has 1 aromatic rings. The maximum absolute atomic E-state index is 5.98. The molecule has 0 aliphatic heterocycles.